The zero-order valence-electron chi connectivity index (χ0n) is 9.02. The van der Waals surface area contributed by atoms with Crippen molar-refractivity contribution >= 4 is 5.91 Å². The van der Waals surface area contributed by atoms with Crippen LogP contribution in [0.3, 0.4) is 0 Å². The highest BCUT2D eigenvalue weighted by Crippen LogP contribution is 2.21. The van der Waals surface area contributed by atoms with Gasteiger partial charge in [-0.3, -0.25) is 4.79 Å². The van der Waals surface area contributed by atoms with E-state index in [0.29, 0.717) is 12.3 Å². The van der Waals surface area contributed by atoms with Crippen molar-refractivity contribution in [2.45, 2.75) is 31.7 Å². The molecule has 0 aromatic rings. The largest absolute Gasteiger partial charge is 0.394 e. The molecule has 2 rings (SSSR count). The van der Waals surface area contributed by atoms with E-state index < -0.39 is 0 Å². The fourth-order valence-corrected chi connectivity index (χ4v) is 2.29. The molecule has 15 heavy (non-hydrogen) atoms. The van der Waals surface area contributed by atoms with Crippen LogP contribution in [-0.4, -0.2) is 48.3 Å². The van der Waals surface area contributed by atoms with Gasteiger partial charge in [0, 0.05) is 18.9 Å². The van der Waals surface area contributed by atoms with Crippen molar-refractivity contribution in [1.82, 2.24) is 4.90 Å². The zero-order valence-corrected chi connectivity index (χ0v) is 9.02. The van der Waals surface area contributed by atoms with Crippen LogP contribution in [-0.2, 0) is 9.53 Å². The Morgan fingerprint density at radius 3 is 2.80 bits per heavy atom. The summed E-state index contributed by atoms with van der Waals surface area (Å²) in [7, 11) is 0. The van der Waals surface area contributed by atoms with Gasteiger partial charge in [-0.05, 0) is 19.3 Å². The summed E-state index contributed by atoms with van der Waals surface area (Å²) in [5.74, 6) is 0.612. The summed E-state index contributed by atoms with van der Waals surface area (Å²) in [6.45, 7) is 2.37. The Labute approximate surface area is 90.2 Å². The van der Waals surface area contributed by atoms with E-state index in [9.17, 15) is 9.90 Å². The van der Waals surface area contributed by atoms with Crippen LogP contribution in [0.15, 0.2) is 0 Å². The molecule has 0 radical (unpaired) electrons. The van der Waals surface area contributed by atoms with E-state index in [2.05, 4.69) is 0 Å². The minimum Gasteiger partial charge on any atom is -0.394 e. The SMILES string of the molecule is O=C(CC1COC1)N1CCCCC1CO. The molecule has 1 amide bonds. The third kappa shape index (κ3) is 2.49. The maximum Gasteiger partial charge on any atom is 0.223 e. The van der Waals surface area contributed by atoms with Crippen molar-refractivity contribution in [2.24, 2.45) is 5.92 Å². The first-order chi connectivity index (χ1) is 7.31. The second-order valence-electron chi connectivity index (χ2n) is 4.53. The van der Waals surface area contributed by atoms with Crippen molar-refractivity contribution in [3.8, 4) is 0 Å². The van der Waals surface area contributed by atoms with Crippen LogP contribution in [0.25, 0.3) is 0 Å². The highest BCUT2D eigenvalue weighted by molar-refractivity contribution is 5.77. The molecule has 4 heteroatoms. The smallest absolute Gasteiger partial charge is 0.223 e. The predicted molar refractivity (Wildman–Crippen MR) is 55.4 cm³/mol. The van der Waals surface area contributed by atoms with Crippen molar-refractivity contribution in [3.63, 3.8) is 0 Å². The lowest BCUT2D eigenvalue weighted by Crippen LogP contribution is -2.47. The third-order valence-electron chi connectivity index (χ3n) is 3.33. The number of hydrogen-bond donors (Lipinski definition) is 1. The average Bonchev–Trinajstić information content (AvgIpc) is 2.23. The molecule has 0 aromatic heterocycles. The fraction of sp³-hybridized carbons (Fsp3) is 0.909. The van der Waals surface area contributed by atoms with Gasteiger partial charge in [0.25, 0.3) is 0 Å². The molecule has 2 saturated heterocycles. The molecule has 1 N–H and O–H groups in total. The van der Waals surface area contributed by atoms with Crippen LogP contribution in [0.5, 0.6) is 0 Å². The number of nitrogens with zero attached hydrogens (tertiary/aromatic N) is 1. The fourth-order valence-electron chi connectivity index (χ4n) is 2.29. The van der Waals surface area contributed by atoms with Crippen molar-refractivity contribution in [1.29, 1.82) is 0 Å². The number of ether oxygens (including phenoxy) is 1. The first kappa shape index (κ1) is 10.9. The number of carbonyl (C=O) groups is 1. The molecule has 0 saturated carbocycles. The van der Waals surface area contributed by atoms with Gasteiger partial charge in [-0.25, -0.2) is 0 Å². The standard InChI is InChI=1S/C11H19NO3/c13-6-10-3-1-2-4-12(10)11(14)5-9-7-15-8-9/h9-10,13H,1-8H2. The first-order valence-corrected chi connectivity index (χ1v) is 5.79. The second kappa shape index (κ2) is 4.94. The highest BCUT2D eigenvalue weighted by Gasteiger charge is 2.29. The lowest BCUT2D eigenvalue weighted by molar-refractivity contribution is -0.141. The molecule has 0 aliphatic carbocycles. The molecule has 1 unspecified atom stereocenters. The van der Waals surface area contributed by atoms with E-state index in [1.54, 1.807) is 0 Å². The number of piperidine rings is 1. The Bertz CT molecular complexity index is 228. The van der Waals surface area contributed by atoms with Crippen molar-refractivity contribution in [2.75, 3.05) is 26.4 Å². The van der Waals surface area contributed by atoms with Gasteiger partial charge in [0.1, 0.15) is 0 Å². The van der Waals surface area contributed by atoms with Crippen molar-refractivity contribution < 1.29 is 14.6 Å². The van der Waals surface area contributed by atoms with E-state index in [4.69, 9.17) is 4.74 Å². The zero-order chi connectivity index (χ0) is 10.7. The van der Waals surface area contributed by atoms with Gasteiger partial charge >= 0.3 is 0 Å². The van der Waals surface area contributed by atoms with Crippen LogP contribution in [0.2, 0.25) is 0 Å². The molecule has 2 heterocycles. The van der Waals surface area contributed by atoms with Gasteiger partial charge in [0.05, 0.1) is 25.9 Å². The lowest BCUT2D eigenvalue weighted by atomic mass is 9.99. The molecule has 4 nitrogen and oxygen atoms in total. The molecule has 0 spiro atoms. The summed E-state index contributed by atoms with van der Waals surface area (Å²) in [5, 5.41) is 9.20. The first-order valence-electron chi connectivity index (χ1n) is 5.79. The summed E-state index contributed by atoms with van der Waals surface area (Å²) < 4.78 is 5.06. The minimum atomic E-state index is 0.0623. The topological polar surface area (TPSA) is 49.8 Å². The van der Waals surface area contributed by atoms with Crippen LogP contribution in [0.4, 0.5) is 0 Å². The molecule has 1 atom stereocenters. The van der Waals surface area contributed by atoms with E-state index in [1.165, 1.54) is 0 Å². The maximum absolute atomic E-state index is 11.9. The maximum atomic E-state index is 11.9. The van der Waals surface area contributed by atoms with E-state index in [1.807, 2.05) is 4.90 Å². The minimum absolute atomic E-state index is 0.0623. The summed E-state index contributed by atoms with van der Waals surface area (Å²) in [6.07, 6.45) is 3.74. The Hall–Kier alpha value is -0.610. The van der Waals surface area contributed by atoms with E-state index in [-0.39, 0.29) is 18.6 Å². The van der Waals surface area contributed by atoms with Gasteiger partial charge in [0.2, 0.25) is 5.91 Å². The van der Waals surface area contributed by atoms with Crippen molar-refractivity contribution in [3.05, 3.63) is 0 Å². The quantitative estimate of drug-likeness (QED) is 0.738. The second-order valence-corrected chi connectivity index (χ2v) is 4.53. The number of aliphatic hydroxyl groups is 1. The molecule has 2 aliphatic rings. The lowest BCUT2D eigenvalue weighted by Gasteiger charge is -2.36. The number of hydrogen-bond acceptors (Lipinski definition) is 3. The van der Waals surface area contributed by atoms with Crippen LogP contribution in [0, 0.1) is 5.92 Å². The number of amides is 1. The molecule has 2 aliphatic heterocycles. The predicted octanol–water partition coefficient (Wildman–Crippen LogP) is 0.396. The van der Waals surface area contributed by atoms with Gasteiger partial charge in [0.15, 0.2) is 0 Å². The number of likely N-dealkylation sites (tertiary alicyclic amines) is 1. The van der Waals surface area contributed by atoms with E-state index >= 15 is 0 Å². The summed E-state index contributed by atoms with van der Waals surface area (Å²) in [4.78, 5) is 13.8. The number of carbonyl (C=O) groups excluding carboxylic acids is 1. The average molecular weight is 213 g/mol. The van der Waals surface area contributed by atoms with Gasteiger partial charge in [-0.15, -0.1) is 0 Å². The molecular formula is C11H19NO3. The molecule has 0 aromatic carbocycles. The Balaban J connectivity index is 1.85. The molecule has 0 bridgehead atoms. The normalized spacial score (nSPS) is 27.5. The number of rotatable bonds is 3. The molecule has 86 valence electrons. The third-order valence-corrected chi connectivity index (χ3v) is 3.33. The summed E-state index contributed by atoms with van der Waals surface area (Å²) in [6, 6.07) is 0.0623. The number of aliphatic hydroxyl groups excluding tert-OH is 1. The Kier molecular flexibility index (Phi) is 3.59. The molecular weight excluding hydrogens is 194 g/mol. The van der Waals surface area contributed by atoms with Crippen LogP contribution >= 0.6 is 0 Å². The van der Waals surface area contributed by atoms with Gasteiger partial charge in [-0.1, -0.05) is 0 Å². The van der Waals surface area contributed by atoms with E-state index in [0.717, 1.165) is 39.0 Å². The monoisotopic (exact) mass is 213 g/mol. The molecule has 2 fully saturated rings. The highest BCUT2D eigenvalue weighted by atomic mass is 16.5. The van der Waals surface area contributed by atoms with Crippen LogP contribution < -0.4 is 0 Å². The van der Waals surface area contributed by atoms with Gasteiger partial charge < -0.3 is 14.7 Å². The Morgan fingerprint density at radius 2 is 2.20 bits per heavy atom. The van der Waals surface area contributed by atoms with Gasteiger partial charge in [-0.2, -0.15) is 0 Å². The summed E-state index contributed by atoms with van der Waals surface area (Å²) >= 11 is 0. The van der Waals surface area contributed by atoms with Crippen LogP contribution in [0.1, 0.15) is 25.7 Å². The summed E-state index contributed by atoms with van der Waals surface area (Å²) in [5.41, 5.74) is 0. The Morgan fingerprint density at radius 1 is 1.40 bits per heavy atom.